The zero-order valence-corrected chi connectivity index (χ0v) is 5.86. The maximum Gasteiger partial charge on any atom is 0.0989 e. The van der Waals surface area contributed by atoms with Crippen LogP contribution >= 0.6 is 0 Å². The third-order valence-electron chi connectivity index (χ3n) is 1.84. The largest absolute Gasteiger partial charge is 0.392 e. The molecule has 1 rings (SSSR count). The number of nitrogens with one attached hydrogen (secondary N) is 1. The van der Waals surface area contributed by atoms with E-state index in [-0.39, 0.29) is 6.04 Å². The molecule has 4 atom stereocenters. The van der Waals surface area contributed by atoms with Crippen molar-refractivity contribution in [2.45, 2.75) is 31.3 Å². The fourth-order valence-corrected chi connectivity index (χ4v) is 1.19. The Labute approximate surface area is 59.5 Å². The molecule has 0 aromatic rings. The van der Waals surface area contributed by atoms with E-state index in [4.69, 9.17) is 15.3 Å². The fraction of sp³-hybridized carbons (Fsp3) is 1.00. The summed E-state index contributed by atoms with van der Waals surface area (Å²) in [7, 11) is 0. The van der Waals surface area contributed by atoms with Gasteiger partial charge in [0.2, 0.25) is 0 Å². The molecule has 10 heavy (non-hydrogen) atoms. The first-order chi connectivity index (χ1) is 4.63. The van der Waals surface area contributed by atoms with Gasteiger partial charge in [-0.15, -0.1) is 0 Å². The van der Waals surface area contributed by atoms with E-state index in [0.29, 0.717) is 6.54 Å². The van der Waals surface area contributed by atoms with Gasteiger partial charge in [0.25, 0.3) is 0 Å². The van der Waals surface area contributed by atoms with Crippen LogP contribution in [0.3, 0.4) is 0 Å². The zero-order valence-electron chi connectivity index (χ0n) is 5.86. The van der Waals surface area contributed by atoms with Crippen LogP contribution < -0.4 is 5.32 Å². The smallest absolute Gasteiger partial charge is 0.0989 e. The molecule has 60 valence electrons. The lowest BCUT2D eigenvalue weighted by molar-refractivity contribution is 0.0114. The van der Waals surface area contributed by atoms with Gasteiger partial charge in [0.15, 0.2) is 0 Å². The first kappa shape index (κ1) is 7.94. The second-order valence-electron chi connectivity index (χ2n) is 2.73. The monoisotopic (exact) mass is 147 g/mol. The van der Waals surface area contributed by atoms with Gasteiger partial charge in [-0.2, -0.15) is 0 Å². The Morgan fingerprint density at radius 1 is 1.50 bits per heavy atom. The standard InChI is InChI=1S/C6H13NO3/c1-3(8)5-6(10)4(9)2-7-5/h3-10H,2H2,1H3/t3-,4+,5+,6+/m0/s1. The van der Waals surface area contributed by atoms with E-state index in [1.165, 1.54) is 0 Å². The van der Waals surface area contributed by atoms with E-state index in [9.17, 15) is 0 Å². The van der Waals surface area contributed by atoms with Crippen LogP contribution in [0.25, 0.3) is 0 Å². The Morgan fingerprint density at radius 3 is 2.30 bits per heavy atom. The van der Waals surface area contributed by atoms with Gasteiger partial charge in [-0.25, -0.2) is 0 Å². The van der Waals surface area contributed by atoms with E-state index in [2.05, 4.69) is 5.32 Å². The molecule has 0 aliphatic carbocycles. The third kappa shape index (κ3) is 1.29. The van der Waals surface area contributed by atoms with Crippen LogP contribution in [0, 0.1) is 0 Å². The van der Waals surface area contributed by atoms with E-state index < -0.39 is 18.3 Å². The average molecular weight is 147 g/mol. The number of β-amino-alcohol motifs (C(OH)–C–C–N with tert-alkyl or cyclic N) is 1. The molecule has 1 fully saturated rings. The SMILES string of the molecule is C[C@H](O)[C@H]1NC[C@@H](O)[C@H]1O. The number of aliphatic hydroxyl groups is 3. The molecule has 4 heteroatoms. The molecule has 0 bridgehead atoms. The number of aliphatic hydroxyl groups excluding tert-OH is 3. The van der Waals surface area contributed by atoms with Gasteiger partial charge in [0.1, 0.15) is 0 Å². The molecule has 0 amide bonds. The quantitative estimate of drug-likeness (QED) is 0.348. The van der Waals surface area contributed by atoms with Gasteiger partial charge in [0.05, 0.1) is 24.4 Å². The molecule has 4 nitrogen and oxygen atoms in total. The summed E-state index contributed by atoms with van der Waals surface area (Å²) in [6.45, 7) is 1.94. The van der Waals surface area contributed by atoms with Gasteiger partial charge in [-0.05, 0) is 6.92 Å². The Kier molecular flexibility index (Phi) is 2.25. The molecular weight excluding hydrogens is 134 g/mol. The topological polar surface area (TPSA) is 72.7 Å². The van der Waals surface area contributed by atoms with Crippen LogP contribution in [0.1, 0.15) is 6.92 Å². The van der Waals surface area contributed by atoms with E-state index in [1.54, 1.807) is 6.92 Å². The van der Waals surface area contributed by atoms with Crippen LogP contribution in [0.2, 0.25) is 0 Å². The number of rotatable bonds is 1. The summed E-state index contributed by atoms with van der Waals surface area (Å²) in [6.07, 6.45) is -2.19. The van der Waals surface area contributed by atoms with Crippen molar-refractivity contribution in [3.05, 3.63) is 0 Å². The summed E-state index contributed by atoms with van der Waals surface area (Å²) in [5.41, 5.74) is 0. The Balaban J connectivity index is 2.49. The Morgan fingerprint density at radius 2 is 2.10 bits per heavy atom. The lowest BCUT2D eigenvalue weighted by Crippen LogP contribution is -2.41. The summed E-state index contributed by atoms with van der Waals surface area (Å²) >= 11 is 0. The predicted molar refractivity (Wildman–Crippen MR) is 35.5 cm³/mol. The normalized spacial score (nSPS) is 43.8. The van der Waals surface area contributed by atoms with Crippen molar-refractivity contribution >= 4 is 0 Å². The van der Waals surface area contributed by atoms with Crippen molar-refractivity contribution in [1.82, 2.24) is 5.32 Å². The molecule has 4 N–H and O–H groups in total. The Hall–Kier alpha value is -0.160. The predicted octanol–water partition coefficient (Wildman–Crippen LogP) is -1.94. The lowest BCUT2D eigenvalue weighted by atomic mass is 10.1. The van der Waals surface area contributed by atoms with Crippen LogP contribution in [0.15, 0.2) is 0 Å². The second kappa shape index (κ2) is 2.84. The fourth-order valence-electron chi connectivity index (χ4n) is 1.19. The molecule has 1 heterocycles. The average Bonchev–Trinajstić information content (AvgIpc) is 2.14. The first-order valence-electron chi connectivity index (χ1n) is 3.40. The van der Waals surface area contributed by atoms with Crippen LogP contribution in [-0.4, -0.2) is 46.2 Å². The minimum Gasteiger partial charge on any atom is -0.392 e. The maximum atomic E-state index is 9.16. The maximum absolute atomic E-state index is 9.16. The van der Waals surface area contributed by atoms with Crippen LogP contribution in [-0.2, 0) is 0 Å². The van der Waals surface area contributed by atoms with Gasteiger partial charge >= 0.3 is 0 Å². The Bertz CT molecular complexity index is 118. The number of hydrogen-bond acceptors (Lipinski definition) is 4. The molecule has 1 aliphatic rings. The van der Waals surface area contributed by atoms with Crippen LogP contribution in [0.5, 0.6) is 0 Å². The van der Waals surface area contributed by atoms with Crippen molar-refractivity contribution in [1.29, 1.82) is 0 Å². The summed E-state index contributed by atoms with van der Waals surface area (Å²) < 4.78 is 0. The molecular formula is C6H13NO3. The number of hydrogen-bond donors (Lipinski definition) is 4. The van der Waals surface area contributed by atoms with Crippen molar-refractivity contribution in [2.24, 2.45) is 0 Å². The van der Waals surface area contributed by atoms with Gasteiger partial charge in [-0.1, -0.05) is 0 Å². The van der Waals surface area contributed by atoms with Crippen molar-refractivity contribution in [3.63, 3.8) is 0 Å². The third-order valence-corrected chi connectivity index (χ3v) is 1.84. The van der Waals surface area contributed by atoms with Crippen LogP contribution in [0.4, 0.5) is 0 Å². The summed E-state index contributed by atoms with van der Waals surface area (Å²) in [6, 6.07) is -0.380. The molecule has 1 aliphatic heterocycles. The van der Waals surface area contributed by atoms with Crippen molar-refractivity contribution < 1.29 is 15.3 Å². The minimum atomic E-state index is -0.833. The van der Waals surface area contributed by atoms with Crippen molar-refractivity contribution in [2.75, 3.05) is 6.54 Å². The highest BCUT2D eigenvalue weighted by Crippen LogP contribution is 2.10. The second-order valence-corrected chi connectivity index (χ2v) is 2.73. The van der Waals surface area contributed by atoms with Gasteiger partial charge < -0.3 is 20.6 Å². The first-order valence-corrected chi connectivity index (χ1v) is 3.40. The molecule has 0 unspecified atom stereocenters. The molecule has 1 saturated heterocycles. The van der Waals surface area contributed by atoms with E-state index >= 15 is 0 Å². The minimum absolute atomic E-state index is 0.358. The zero-order chi connectivity index (χ0) is 7.72. The van der Waals surface area contributed by atoms with Gasteiger partial charge in [-0.3, -0.25) is 0 Å². The van der Waals surface area contributed by atoms with Gasteiger partial charge in [0, 0.05) is 6.54 Å². The highest BCUT2D eigenvalue weighted by Gasteiger charge is 2.35. The molecule has 0 radical (unpaired) electrons. The molecule has 0 aromatic heterocycles. The van der Waals surface area contributed by atoms with E-state index in [1.807, 2.05) is 0 Å². The molecule has 0 spiro atoms. The summed E-state index contributed by atoms with van der Waals surface area (Å²) in [5.74, 6) is 0. The highest BCUT2D eigenvalue weighted by molar-refractivity contribution is 4.92. The molecule has 0 saturated carbocycles. The van der Waals surface area contributed by atoms with Crippen molar-refractivity contribution in [3.8, 4) is 0 Å². The highest BCUT2D eigenvalue weighted by atomic mass is 16.3. The molecule has 0 aromatic carbocycles. The summed E-state index contributed by atoms with van der Waals surface area (Å²) in [5, 5.41) is 30.0. The van der Waals surface area contributed by atoms with E-state index in [0.717, 1.165) is 0 Å². The lowest BCUT2D eigenvalue weighted by Gasteiger charge is -2.18. The summed E-state index contributed by atoms with van der Waals surface area (Å²) in [4.78, 5) is 0.